The Balaban J connectivity index is 0.00000289. The van der Waals surface area contributed by atoms with Crippen molar-refractivity contribution in [2.24, 2.45) is 5.73 Å². The van der Waals surface area contributed by atoms with E-state index in [-0.39, 0.29) is 18.8 Å². The Morgan fingerprint density at radius 3 is 2.00 bits per heavy atom. The summed E-state index contributed by atoms with van der Waals surface area (Å²) in [6, 6.07) is 5.02. The molecule has 100 valence electrons. The molecule has 0 amide bonds. The standard InChI is InChI=1S/C12H16N2O3.ClH/c1-15-8-6-10(16-2)12(9(14)4-5-13)11(7-8)17-3;/h6-7,9H,4,14H2,1-3H3;1H/t9-;/m1./s1. The van der Waals surface area contributed by atoms with Crippen molar-refractivity contribution in [3.63, 3.8) is 0 Å². The topological polar surface area (TPSA) is 77.5 Å². The van der Waals surface area contributed by atoms with Crippen LogP contribution in [0.25, 0.3) is 0 Å². The van der Waals surface area contributed by atoms with E-state index in [4.69, 9.17) is 25.2 Å². The molecule has 5 nitrogen and oxygen atoms in total. The molecule has 18 heavy (non-hydrogen) atoms. The average molecular weight is 273 g/mol. The highest BCUT2D eigenvalue weighted by Crippen LogP contribution is 2.38. The van der Waals surface area contributed by atoms with E-state index >= 15 is 0 Å². The van der Waals surface area contributed by atoms with Crippen molar-refractivity contribution in [1.29, 1.82) is 5.26 Å². The fraction of sp³-hybridized carbons (Fsp3) is 0.417. The van der Waals surface area contributed by atoms with Crippen LogP contribution in [0.15, 0.2) is 12.1 Å². The molecule has 0 bridgehead atoms. The van der Waals surface area contributed by atoms with Crippen LogP contribution in [0.3, 0.4) is 0 Å². The molecule has 6 heteroatoms. The van der Waals surface area contributed by atoms with Gasteiger partial charge in [0, 0.05) is 12.1 Å². The van der Waals surface area contributed by atoms with Gasteiger partial charge in [0.2, 0.25) is 0 Å². The second-order valence-corrected chi connectivity index (χ2v) is 3.41. The van der Waals surface area contributed by atoms with Gasteiger partial charge in [0.05, 0.1) is 45.4 Å². The summed E-state index contributed by atoms with van der Waals surface area (Å²) in [6.07, 6.45) is 0.194. The molecule has 2 N–H and O–H groups in total. The van der Waals surface area contributed by atoms with Crippen molar-refractivity contribution in [3.8, 4) is 23.3 Å². The van der Waals surface area contributed by atoms with Crippen molar-refractivity contribution in [2.45, 2.75) is 12.5 Å². The summed E-state index contributed by atoms with van der Waals surface area (Å²) < 4.78 is 15.6. The lowest BCUT2D eigenvalue weighted by atomic mass is 10.0. The number of ether oxygens (including phenoxy) is 3. The van der Waals surface area contributed by atoms with Gasteiger partial charge in [0.25, 0.3) is 0 Å². The van der Waals surface area contributed by atoms with Crippen molar-refractivity contribution < 1.29 is 14.2 Å². The van der Waals surface area contributed by atoms with Crippen LogP contribution in [0.4, 0.5) is 0 Å². The first kappa shape index (κ1) is 16.4. The summed E-state index contributed by atoms with van der Waals surface area (Å²) >= 11 is 0. The van der Waals surface area contributed by atoms with Crippen LogP contribution in [0, 0.1) is 11.3 Å². The van der Waals surface area contributed by atoms with Gasteiger partial charge < -0.3 is 19.9 Å². The molecule has 0 fully saturated rings. The van der Waals surface area contributed by atoms with Crippen LogP contribution < -0.4 is 19.9 Å². The van der Waals surface area contributed by atoms with E-state index in [1.807, 2.05) is 6.07 Å². The Morgan fingerprint density at radius 2 is 1.67 bits per heavy atom. The molecule has 0 unspecified atom stereocenters. The van der Waals surface area contributed by atoms with Gasteiger partial charge in [-0.05, 0) is 0 Å². The third kappa shape index (κ3) is 3.42. The number of hydrogen-bond acceptors (Lipinski definition) is 5. The third-order valence-corrected chi connectivity index (χ3v) is 2.44. The van der Waals surface area contributed by atoms with Crippen LogP contribution in [0.5, 0.6) is 17.2 Å². The van der Waals surface area contributed by atoms with E-state index < -0.39 is 6.04 Å². The zero-order chi connectivity index (χ0) is 12.8. The summed E-state index contributed by atoms with van der Waals surface area (Å²) in [5, 5.41) is 8.69. The second kappa shape index (κ2) is 7.64. The third-order valence-electron chi connectivity index (χ3n) is 2.44. The molecule has 0 heterocycles. The first-order chi connectivity index (χ1) is 8.17. The Labute approximate surface area is 113 Å². The number of methoxy groups -OCH3 is 3. The normalized spacial score (nSPS) is 10.8. The van der Waals surface area contributed by atoms with Crippen molar-refractivity contribution in [2.75, 3.05) is 21.3 Å². The van der Waals surface area contributed by atoms with Crippen LogP contribution >= 0.6 is 12.4 Å². The molecule has 0 saturated heterocycles. The van der Waals surface area contributed by atoms with Gasteiger partial charge in [-0.15, -0.1) is 12.4 Å². The molecule has 1 atom stereocenters. The lowest BCUT2D eigenvalue weighted by Gasteiger charge is -2.18. The monoisotopic (exact) mass is 272 g/mol. The zero-order valence-corrected chi connectivity index (χ0v) is 11.4. The Bertz CT molecular complexity index is 407. The van der Waals surface area contributed by atoms with E-state index in [1.54, 1.807) is 19.2 Å². The van der Waals surface area contributed by atoms with E-state index in [9.17, 15) is 0 Å². The zero-order valence-electron chi connectivity index (χ0n) is 10.6. The molecular formula is C12H17ClN2O3. The molecule has 0 aliphatic heterocycles. The number of halogens is 1. The molecule has 1 rings (SSSR count). The molecule has 1 aromatic rings. The second-order valence-electron chi connectivity index (χ2n) is 3.41. The highest BCUT2D eigenvalue weighted by atomic mass is 35.5. The maximum atomic E-state index is 8.69. The predicted octanol–water partition coefficient (Wildman–Crippen LogP) is 2.05. The summed E-state index contributed by atoms with van der Waals surface area (Å²) in [7, 11) is 4.64. The van der Waals surface area contributed by atoms with Gasteiger partial charge in [-0.25, -0.2) is 0 Å². The molecule has 1 aromatic carbocycles. The van der Waals surface area contributed by atoms with Gasteiger partial charge >= 0.3 is 0 Å². The number of benzene rings is 1. The quantitative estimate of drug-likeness (QED) is 0.888. The molecule has 0 spiro atoms. The minimum Gasteiger partial charge on any atom is -0.496 e. The van der Waals surface area contributed by atoms with E-state index in [0.29, 0.717) is 22.8 Å². The average Bonchev–Trinajstić information content (AvgIpc) is 2.37. The largest absolute Gasteiger partial charge is 0.496 e. The van der Waals surface area contributed by atoms with E-state index in [1.165, 1.54) is 14.2 Å². The van der Waals surface area contributed by atoms with Gasteiger partial charge in [-0.2, -0.15) is 5.26 Å². The highest BCUT2D eigenvalue weighted by molar-refractivity contribution is 5.85. The van der Waals surface area contributed by atoms with Crippen molar-refractivity contribution in [3.05, 3.63) is 17.7 Å². The smallest absolute Gasteiger partial charge is 0.131 e. The first-order valence-corrected chi connectivity index (χ1v) is 5.10. The lowest BCUT2D eigenvalue weighted by molar-refractivity contribution is 0.364. The fourth-order valence-corrected chi connectivity index (χ4v) is 1.60. The summed E-state index contributed by atoms with van der Waals surface area (Å²) in [5.74, 6) is 1.74. The first-order valence-electron chi connectivity index (χ1n) is 5.10. The van der Waals surface area contributed by atoms with Crippen LogP contribution in [0.2, 0.25) is 0 Å². The summed E-state index contributed by atoms with van der Waals surface area (Å²) in [6.45, 7) is 0. The van der Waals surface area contributed by atoms with Crippen LogP contribution in [-0.4, -0.2) is 21.3 Å². The van der Waals surface area contributed by atoms with Crippen molar-refractivity contribution >= 4 is 12.4 Å². The van der Waals surface area contributed by atoms with E-state index in [2.05, 4.69) is 0 Å². The molecule has 0 saturated carbocycles. The van der Waals surface area contributed by atoms with Gasteiger partial charge in [-0.3, -0.25) is 0 Å². The molecule has 0 aliphatic rings. The van der Waals surface area contributed by atoms with Gasteiger partial charge in [-0.1, -0.05) is 0 Å². The number of nitrogens with two attached hydrogens (primary N) is 1. The van der Waals surface area contributed by atoms with Gasteiger partial charge in [0.15, 0.2) is 0 Å². The predicted molar refractivity (Wildman–Crippen MR) is 70.5 cm³/mol. The maximum Gasteiger partial charge on any atom is 0.131 e. The van der Waals surface area contributed by atoms with E-state index in [0.717, 1.165) is 0 Å². The number of nitriles is 1. The maximum absolute atomic E-state index is 8.69. The minimum absolute atomic E-state index is 0. The fourth-order valence-electron chi connectivity index (χ4n) is 1.60. The number of rotatable bonds is 5. The Kier molecular flexibility index (Phi) is 6.94. The van der Waals surface area contributed by atoms with Crippen LogP contribution in [0.1, 0.15) is 18.0 Å². The van der Waals surface area contributed by atoms with Crippen molar-refractivity contribution in [1.82, 2.24) is 0 Å². The summed E-state index contributed by atoms with van der Waals surface area (Å²) in [4.78, 5) is 0. The molecule has 0 aromatic heterocycles. The molecule has 0 radical (unpaired) electrons. The number of hydrogen-bond donors (Lipinski definition) is 1. The van der Waals surface area contributed by atoms with Gasteiger partial charge in [0.1, 0.15) is 17.2 Å². The molecular weight excluding hydrogens is 256 g/mol. The number of nitrogens with zero attached hydrogens (tertiary/aromatic N) is 1. The van der Waals surface area contributed by atoms with Crippen LogP contribution in [-0.2, 0) is 0 Å². The molecule has 0 aliphatic carbocycles. The Morgan fingerprint density at radius 1 is 1.17 bits per heavy atom. The lowest BCUT2D eigenvalue weighted by Crippen LogP contribution is -2.12. The SMILES string of the molecule is COc1cc(OC)c([C@H](N)CC#N)c(OC)c1.Cl. The minimum atomic E-state index is -0.448. The summed E-state index contributed by atoms with van der Waals surface area (Å²) in [5.41, 5.74) is 6.60. The Hall–Kier alpha value is -1.64. The highest BCUT2D eigenvalue weighted by Gasteiger charge is 2.19.